The number of hydrogen-bond acceptors (Lipinski definition) is 4. The summed E-state index contributed by atoms with van der Waals surface area (Å²) in [6.45, 7) is 2.03. The Morgan fingerprint density at radius 3 is 3.12 bits per heavy atom. The van der Waals surface area contributed by atoms with Crippen LogP contribution in [0.25, 0.3) is 0 Å². The Balaban J connectivity index is 1.91. The zero-order chi connectivity index (χ0) is 12.3. The van der Waals surface area contributed by atoms with Gasteiger partial charge in [-0.25, -0.2) is 4.98 Å². The minimum Gasteiger partial charge on any atom is -0.323 e. The lowest BCUT2D eigenvalue weighted by Crippen LogP contribution is -2.34. The van der Waals surface area contributed by atoms with Crippen LogP contribution in [0.5, 0.6) is 0 Å². The van der Waals surface area contributed by atoms with Gasteiger partial charge in [0, 0.05) is 6.20 Å². The van der Waals surface area contributed by atoms with Crippen molar-refractivity contribution in [2.24, 2.45) is 0 Å². The largest absolute Gasteiger partial charge is 0.323 e. The summed E-state index contributed by atoms with van der Waals surface area (Å²) in [5.41, 5.74) is 1.03. The van der Waals surface area contributed by atoms with E-state index in [9.17, 15) is 9.59 Å². The van der Waals surface area contributed by atoms with E-state index in [1.807, 2.05) is 13.0 Å². The van der Waals surface area contributed by atoms with Crippen molar-refractivity contribution in [2.45, 2.75) is 6.92 Å². The molecule has 90 valence electrons. The molecular formula is C11H13N3O2S. The quantitative estimate of drug-likeness (QED) is 0.865. The van der Waals surface area contributed by atoms with Crippen LogP contribution in [-0.4, -0.2) is 39.9 Å². The molecule has 0 aliphatic carbocycles. The molecule has 2 rings (SSSR count). The Hall–Kier alpha value is -1.56. The van der Waals surface area contributed by atoms with Crippen LogP contribution in [0, 0.1) is 6.92 Å². The molecular weight excluding hydrogens is 238 g/mol. The number of carbonyl (C=O) groups is 2. The van der Waals surface area contributed by atoms with Gasteiger partial charge >= 0.3 is 0 Å². The lowest BCUT2D eigenvalue weighted by atomic mass is 10.3. The molecule has 1 saturated heterocycles. The Kier molecular flexibility index (Phi) is 3.63. The molecule has 2 amide bonds. The summed E-state index contributed by atoms with van der Waals surface area (Å²) < 4.78 is 0. The van der Waals surface area contributed by atoms with E-state index >= 15 is 0 Å². The average Bonchev–Trinajstić information content (AvgIpc) is 2.64. The van der Waals surface area contributed by atoms with E-state index in [0.717, 1.165) is 5.56 Å². The fraction of sp³-hybridized carbons (Fsp3) is 0.364. The highest BCUT2D eigenvalue weighted by Gasteiger charge is 2.22. The van der Waals surface area contributed by atoms with Crippen LogP contribution in [0.3, 0.4) is 0 Å². The highest BCUT2D eigenvalue weighted by Crippen LogP contribution is 2.14. The maximum absolute atomic E-state index is 11.7. The van der Waals surface area contributed by atoms with Crippen molar-refractivity contribution in [1.29, 1.82) is 0 Å². The third-order valence-corrected chi connectivity index (χ3v) is 3.29. The second-order valence-electron chi connectivity index (χ2n) is 3.84. The Morgan fingerprint density at radius 1 is 1.65 bits per heavy atom. The third-order valence-electron chi connectivity index (χ3n) is 2.34. The summed E-state index contributed by atoms with van der Waals surface area (Å²) in [5, 5.41) is 2.68. The summed E-state index contributed by atoms with van der Waals surface area (Å²) in [6, 6.07) is 3.65. The van der Waals surface area contributed by atoms with Crippen LogP contribution in [0.15, 0.2) is 18.3 Å². The van der Waals surface area contributed by atoms with Gasteiger partial charge in [0.15, 0.2) is 0 Å². The van der Waals surface area contributed by atoms with Crippen LogP contribution in [0.1, 0.15) is 5.56 Å². The van der Waals surface area contributed by atoms with E-state index in [-0.39, 0.29) is 18.4 Å². The molecule has 1 fully saturated rings. The first-order chi connectivity index (χ1) is 8.15. The van der Waals surface area contributed by atoms with Crippen molar-refractivity contribution in [3.8, 4) is 0 Å². The highest BCUT2D eigenvalue weighted by atomic mass is 32.2. The minimum absolute atomic E-state index is 0.0161. The SMILES string of the molecule is Cc1ccnc(NC(=O)CN2CSCC2=O)c1. The predicted molar refractivity (Wildman–Crippen MR) is 66.6 cm³/mol. The zero-order valence-corrected chi connectivity index (χ0v) is 10.3. The molecule has 0 saturated carbocycles. The number of anilines is 1. The van der Waals surface area contributed by atoms with Gasteiger partial charge in [0.25, 0.3) is 0 Å². The zero-order valence-electron chi connectivity index (χ0n) is 9.47. The van der Waals surface area contributed by atoms with Gasteiger partial charge in [0.2, 0.25) is 11.8 Å². The molecule has 1 aromatic rings. The monoisotopic (exact) mass is 251 g/mol. The second-order valence-corrected chi connectivity index (χ2v) is 4.79. The average molecular weight is 251 g/mol. The number of aryl methyl sites for hydroxylation is 1. The number of pyridine rings is 1. The first kappa shape index (κ1) is 11.9. The number of aromatic nitrogens is 1. The number of nitrogens with one attached hydrogen (secondary N) is 1. The molecule has 5 nitrogen and oxygen atoms in total. The summed E-state index contributed by atoms with van der Waals surface area (Å²) >= 11 is 1.52. The molecule has 0 spiro atoms. The van der Waals surface area contributed by atoms with Gasteiger partial charge in [-0.2, -0.15) is 0 Å². The van der Waals surface area contributed by atoms with Crippen molar-refractivity contribution in [3.63, 3.8) is 0 Å². The number of carbonyl (C=O) groups excluding carboxylic acids is 2. The van der Waals surface area contributed by atoms with E-state index in [1.54, 1.807) is 12.3 Å². The number of hydrogen-bond donors (Lipinski definition) is 1. The second kappa shape index (κ2) is 5.18. The maximum atomic E-state index is 11.7. The summed E-state index contributed by atoms with van der Waals surface area (Å²) in [5.74, 6) is 1.39. The van der Waals surface area contributed by atoms with Gasteiger partial charge < -0.3 is 10.2 Å². The van der Waals surface area contributed by atoms with Crippen LogP contribution < -0.4 is 5.32 Å². The fourth-order valence-corrected chi connectivity index (χ4v) is 2.40. The Morgan fingerprint density at radius 2 is 2.47 bits per heavy atom. The van der Waals surface area contributed by atoms with Crippen LogP contribution in [0.4, 0.5) is 5.82 Å². The standard InChI is InChI=1S/C11H13N3O2S/c1-8-2-3-12-9(4-8)13-10(15)5-14-7-17-6-11(14)16/h2-4H,5-7H2,1H3,(H,12,13,15). The van der Waals surface area contributed by atoms with Crippen LogP contribution in [0.2, 0.25) is 0 Å². The number of thioether (sulfide) groups is 1. The van der Waals surface area contributed by atoms with Gasteiger partial charge in [-0.3, -0.25) is 9.59 Å². The van der Waals surface area contributed by atoms with Crippen molar-refractivity contribution in [3.05, 3.63) is 23.9 Å². The molecule has 1 aliphatic heterocycles. The number of amides is 2. The molecule has 0 bridgehead atoms. The highest BCUT2D eigenvalue weighted by molar-refractivity contribution is 8.00. The van der Waals surface area contributed by atoms with Crippen LogP contribution in [-0.2, 0) is 9.59 Å². The van der Waals surface area contributed by atoms with Crippen molar-refractivity contribution in [1.82, 2.24) is 9.88 Å². The molecule has 1 aliphatic rings. The minimum atomic E-state index is -0.209. The fourth-order valence-electron chi connectivity index (χ4n) is 1.50. The smallest absolute Gasteiger partial charge is 0.245 e. The molecule has 0 atom stereocenters. The Bertz CT molecular complexity index is 450. The van der Waals surface area contributed by atoms with E-state index < -0.39 is 0 Å². The number of rotatable bonds is 3. The Labute approximate surface area is 104 Å². The van der Waals surface area contributed by atoms with Gasteiger partial charge in [0.1, 0.15) is 12.4 Å². The van der Waals surface area contributed by atoms with E-state index in [2.05, 4.69) is 10.3 Å². The van der Waals surface area contributed by atoms with E-state index in [4.69, 9.17) is 0 Å². The molecule has 1 N–H and O–H groups in total. The molecule has 0 aromatic carbocycles. The van der Waals surface area contributed by atoms with Gasteiger partial charge in [-0.15, -0.1) is 11.8 Å². The topological polar surface area (TPSA) is 62.3 Å². The van der Waals surface area contributed by atoms with Gasteiger partial charge in [-0.05, 0) is 24.6 Å². The van der Waals surface area contributed by atoms with Crippen molar-refractivity contribution >= 4 is 29.4 Å². The maximum Gasteiger partial charge on any atom is 0.245 e. The third kappa shape index (κ3) is 3.20. The molecule has 6 heteroatoms. The van der Waals surface area contributed by atoms with E-state index in [0.29, 0.717) is 17.4 Å². The molecule has 0 radical (unpaired) electrons. The van der Waals surface area contributed by atoms with E-state index in [1.165, 1.54) is 16.7 Å². The molecule has 2 heterocycles. The molecule has 1 aromatic heterocycles. The first-order valence-corrected chi connectivity index (χ1v) is 6.38. The predicted octanol–water partition coefficient (Wildman–Crippen LogP) is 0.861. The summed E-state index contributed by atoms with van der Waals surface area (Å²) in [6.07, 6.45) is 1.64. The summed E-state index contributed by atoms with van der Waals surface area (Å²) in [4.78, 5) is 28.6. The van der Waals surface area contributed by atoms with Crippen molar-refractivity contribution in [2.75, 3.05) is 23.5 Å². The molecule has 0 unspecified atom stereocenters. The summed E-state index contributed by atoms with van der Waals surface area (Å²) in [7, 11) is 0. The van der Waals surface area contributed by atoms with Crippen LogP contribution >= 0.6 is 11.8 Å². The number of nitrogens with zero attached hydrogens (tertiary/aromatic N) is 2. The lowest BCUT2D eigenvalue weighted by Gasteiger charge is -2.13. The normalized spacial score (nSPS) is 15.1. The molecule has 17 heavy (non-hydrogen) atoms. The van der Waals surface area contributed by atoms with Gasteiger partial charge in [0.05, 0.1) is 11.6 Å². The first-order valence-electron chi connectivity index (χ1n) is 5.23. The van der Waals surface area contributed by atoms with Crippen molar-refractivity contribution < 1.29 is 9.59 Å². The van der Waals surface area contributed by atoms with Gasteiger partial charge in [-0.1, -0.05) is 0 Å². The lowest BCUT2D eigenvalue weighted by molar-refractivity contribution is -0.130.